The number of hydrogen-bond donors (Lipinski definition) is 4. The molecule has 0 fully saturated rings. The Labute approximate surface area is 150 Å². The minimum Gasteiger partial charge on any atom is -0.351 e. The van der Waals surface area contributed by atoms with Gasteiger partial charge in [0.25, 0.3) is 0 Å². The molecule has 0 radical (unpaired) electrons. The molecular weight excluding hydrogens is 362 g/mol. The lowest BCUT2D eigenvalue weighted by Gasteiger charge is -2.11. The summed E-state index contributed by atoms with van der Waals surface area (Å²) in [4.78, 5) is 0. The monoisotopic (exact) mass is 377 g/mol. The summed E-state index contributed by atoms with van der Waals surface area (Å²) in [5, 5.41) is 13.9. The van der Waals surface area contributed by atoms with Crippen molar-refractivity contribution in [2.45, 2.75) is 0 Å². The summed E-state index contributed by atoms with van der Waals surface area (Å²) in [7, 11) is -3.33. The van der Waals surface area contributed by atoms with Gasteiger partial charge in [0.2, 0.25) is 10.0 Å². The van der Waals surface area contributed by atoms with Gasteiger partial charge in [-0.25, -0.2) is 8.42 Å². The second-order valence-corrected chi connectivity index (χ2v) is 7.56. The maximum absolute atomic E-state index is 11.3. The molecule has 0 spiro atoms. The lowest BCUT2D eigenvalue weighted by Crippen LogP contribution is -2.09. The Morgan fingerprint density at radius 1 is 1.00 bits per heavy atom. The third-order valence-electron chi connectivity index (χ3n) is 3.18. The molecule has 0 saturated carbocycles. The van der Waals surface area contributed by atoms with Crippen LogP contribution in [0.2, 0.25) is 5.02 Å². The highest BCUT2D eigenvalue weighted by Crippen LogP contribution is 2.28. The molecule has 0 bridgehead atoms. The van der Waals surface area contributed by atoms with Crippen molar-refractivity contribution in [3.8, 4) is 0 Å². The van der Waals surface area contributed by atoms with E-state index in [2.05, 4.69) is 25.6 Å². The van der Waals surface area contributed by atoms with Crippen molar-refractivity contribution in [3.05, 3.63) is 59.8 Å². The molecule has 9 heteroatoms. The molecule has 0 saturated heterocycles. The topological polar surface area (TPSA) is 98.9 Å². The van der Waals surface area contributed by atoms with E-state index in [0.717, 1.165) is 17.6 Å². The number of hydrogen-bond acceptors (Lipinski definition) is 5. The van der Waals surface area contributed by atoms with Crippen molar-refractivity contribution in [3.63, 3.8) is 0 Å². The van der Waals surface area contributed by atoms with E-state index in [9.17, 15) is 8.42 Å². The number of benzene rings is 2. The zero-order valence-corrected chi connectivity index (χ0v) is 14.8. The quantitative estimate of drug-likeness (QED) is 0.521. The summed E-state index contributed by atoms with van der Waals surface area (Å²) in [6, 6.07) is 14.2. The highest BCUT2D eigenvalue weighted by Gasteiger charge is 2.08. The zero-order chi connectivity index (χ0) is 17.9. The Morgan fingerprint density at radius 3 is 2.40 bits per heavy atom. The van der Waals surface area contributed by atoms with E-state index in [1.54, 1.807) is 36.5 Å². The van der Waals surface area contributed by atoms with E-state index in [0.29, 0.717) is 22.2 Å². The van der Waals surface area contributed by atoms with Crippen LogP contribution in [0, 0.1) is 0 Å². The molecule has 0 unspecified atom stereocenters. The van der Waals surface area contributed by atoms with Crippen LogP contribution in [0.5, 0.6) is 0 Å². The first-order valence-corrected chi connectivity index (χ1v) is 9.57. The van der Waals surface area contributed by atoms with Gasteiger partial charge in [-0.15, -0.1) is 0 Å². The average molecular weight is 378 g/mol. The first kappa shape index (κ1) is 17.1. The van der Waals surface area contributed by atoms with E-state index < -0.39 is 10.0 Å². The van der Waals surface area contributed by atoms with Crippen molar-refractivity contribution < 1.29 is 8.42 Å². The second-order valence-electron chi connectivity index (χ2n) is 5.37. The smallest absolute Gasteiger partial charge is 0.229 e. The van der Waals surface area contributed by atoms with Crippen molar-refractivity contribution in [2.24, 2.45) is 0 Å². The van der Waals surface area contributed by atoms with Gasteiger partial charge in [-0.05, 0) is 36.4 Å². The van der Waals surface area contributed by atoms with Crippen LogP contribution in [0.15, 0.2) is 54.7 Å². The molecule has 25 heavy (non-hydrogen) atoms. The van der Waals surface area contributed by atoms with Crippen molar-refractivity contribution in [1.82, 2.24) is 10.2 Å². The fourth-order valence-corrected chi connectivity index (χ4v) is 2.96. The van der Waals surface area contributed by atoms with Gasteiger partial charge in [0, 0.05) is 16.4 Å². The highest BCUT2D eigenvalue weighted by atomic mass is 35.5. The van der Waals surface area contributed by atoms with Crippen LogP contribution in [-0.2, 0) is 10.0 Å². The SMILES string of the molecule is CS(=O)(=O)Nc1cccc(Nc2[nH]ncc2Nc2cccc(Cl)c2)c1. The number of aromatic nitrogens is 2. The fourth-order valence-electron chi connectivity index (χ4n) is 2.22. The van der Waals surface area contributed by atoms with Crippen LogP contribution in [-0.4, -0.2) is 24.9 Å². The molecule has 0 amide bonds. The van der Waals surface area contributed by atoms with Crippen LogP contribution in [0.25, 0.3) is 0 Å². The van der Waals surface area contributed by atoms with E-state index >= 15 is 0 Å². The maximum Gasteiger partial charge on any atom is 0.229 e. The number of aromatic amines is 1. The summed E-state index contributed by atoms with van der Waals surface area (Å²) in [5.41, 5.74) is 2.72. The second kappa shape index (κ2) is 7.04. The standard InChI is InChI=1S/C16H16ClN5O2S/c1-25(23,24)22-14-7-3-6-13(9-14)20-16-15(10-18-21-16)19-12-5-2-4-11(17)8-12/h2-10,19,22H,1H3,(H2,18,20,21). The highest BCUT2D eigenvalue weighted by molar-refractivity contribution is 7.92. The molecule has 0 aliphatic rings. The number of halogens is 1. The maximum atomic E-state index is 11.3. The Balaban J connectivity index is 1.78. The van der Waals surface area contributed by atoms with Gasteiger partial charge in [0.1, 0.15) is 11.5 Å². The largest absolute Gasteiger partial charge is 0.351 e. The fraction of sp³-hybridized carbons (Fsp3) is 0.0625. The lowest BCUT2D eigenvalue weighted by molar-refractivity contribution is 0.607. The van der Waals surface area contributed by atoms with E-state index in [4.69, 9.17) is 11.6 Å². The Hall–Kier alpha value is -2.71. The molecule has 1 heterocycles. The number of nitrogens with zero attached hydrogens (tertiary/aromatic N) is 1. The molecule has 3 aromatic rings. The number of H-pyrrole nitrogens is 1. The van der Waals surface area contributed by atoms with Gasteiger partial charge in [-0.2, -0.15) is 5.10 Å². The molecule has 130 valence electrons. The van der Waals surface area contributed by atoms with E-state index in [1.807, 2.05) is 18.2 Å². The third kappa shape index (κ3) is 4.88. The van der Waals surface area contributed by atoms with Gasteiger partial charge < -0.3 is 10.6 Å². The Morgan fingerprint density at radius 2 is 1.68 bits per heavy atom. The predicted molar refractivity (Wildman–Crippen MR) is 102 cm³/mol. The van der Waals surface area contributed by atoms with Crippen molar-refractivity contribution >= 4 is 50.2 Å². The molecule has 3 rings (SSSR count). The zero-order valence-electron chi connectivity index (χ0n) is 13.2. The van der Waals surface area contributed by atoms with Gasteiger partial charge in [-0.3, -0.25) is 9.82 Å². The summed E-state index contributed by atoms with van der Waals surface area (Å²) in [6.45, 7) is 0. The summed E-state index contributed by atoms with van der Waals surface area (Å²) in [5.74, 6) is 0.636. The minimum atomic E-state index is -3.33. The molecule has 4 N–H and O–H groups in total. The van der Waals surface area contributed by atoms with Crippen LogP contribution in [0.1, 0.15) is 0 Å². The van der Waals surface area contributed by atoms with Crippen LogP contribution in [0.3, 0.4) is 0 Å². The molecule has 0 aliphatic carbocycles. The lowest BCUT2D eigenvalue weighted by atomic mass is 10.3. The van der Waals surface area contributed by atoms with Gasteiger partial charge >= 0.3 is 0 Å². The van der Waals surface area contributed by atoms with Gasteiger partial charge in [-0.1, -0.05) is 23.7 Å². The van der Waals surface area contributed by atoms with E-state index in [1.165, 1.54) is 0 Å². The predicted octanol–water partition coefficient (Wildman–Crippen LogP) is 3.92. The van der Waals surface area contributed by atoms with Gasteiger partial charge in [0.05, 0.1) is 18.1 Å². The first-order valence-electron chi connectivity index (χ1n) is 7.30. The number of sulfonamides is 1. The minimum absolute atomic E-state index is 0.469. The van der Waals surface area contributed by atoms with Crippen molar-refractivity contribution in [2.75, 3.05) is 21.6 Å². The molecule has 0 atom stereocenters. The molecule has 7 nitrogen and oxygen atoms in total. The average Bonchev–Trinajstić information content (AvgIpc) is 2.93. The molecule has 0 aliphatic heterocycles. The Bertz CT molecular complexity index is 987. The molecular formula is C16H16ClN5O2S. The summed E-state index contributed by atoms with van der Waals surface area (Å²) < 4.78 is 25.1. The molecule has 2 aromatic carbocycles. The first-order chi connectivity index (χ1) is 11.9. The Kier molecular flexibility index (Phi) is 4.82. The number of nitrogens with one attached hydrogen (secondary N) is 4. The molecule has 1 aromatic heterocycles. The third-order valence-corrected chi connectivity index (χ3v) is 4.02. The summed E-state index contributed by atoms with van der Waals surface area (Å²) >= 11 is 5.99. The normalized spacial score (nSPS) is 11.1. The van der Waals surface area contributed by atoms with Crippen LogP contribution < -0.4 is 15.4 Å². The summed E-state index contributed by atoms with van der Waals surface area (Å²) in [6.07, 6.45) is 2.75. The van der Waals surface area contributed by atoms with Crippen molar-refractivity contribution in [1.29, 1.82) is 0 Å². The number of rotatable bonds is 6. The van der Waals surface area contributed by atoms with Gasteiger partial charge in [0.15, 0.2) is 0 Å². The van der Waals surface area contributed by atoms with Crippen LogP contribution in [0.4, 0.5) is 28.6 Å². The van der Waals surface area contributed by atoms with E-state index in [-0.39, 0.29) is 0 Å². The number of anilines is 5. The van der Waals surface area contributed by atoms with Crippen LogP contribution >= 0.6 is 11.6 Å².